The molecule has 0 saturated carbocycles. The van der Waals surface area contributed by atoms with Gasteiger partial charge in [-0.25, -0.2) is 9.78 Å². The van der Waals surface area contributed by atoms with Crippen molar-refractivity contribution in [1.82, 2.24) is 10.3 Å². The number of thiazole rings is 1. The molecule has 0 fully saturated rings. The van der Waals surface area contributed by atoms with E-state index in [-0.39, 0.29) is 6.04 Å². The van der Waals surface area contributed by atoms with Crippen molar-refractivity contribution in [3.63, 3.8) is 0 Å². The van der Waals surface area contributed by atoms with Crippen LogP contribution in [0.3, 0.4) is 0 Å². The number of thiol groups is 1. The third kappa shape index (κ3) is 5.93. The summed E-state index contributed by atoms with van der Waals surface area (Å²) in [4.78, 5) is 15.8. The number of nitrogens with one attached hydrogen (secondary N) is 1. The summed E-state index contributed by atoms with van der Waals surface area (Å²) in [7, 11) is 0. The van der Waals surface area contributed by atoms with Crippen LogP contribution in [0.2, 0.25) is 0 Å². The molecule has 0 aliphatic carbocycles. The first-order valence-electron chi connectivity index (χ1n) is 5.39. The van der Waals surface area contributed by atoms with Crippen LogP contribution in [0.4, 0.5) is 4.79 Å². The second kappa shape index (κ2) is 6.26. The average Bonchev–Trinajstić information content (AvgIpc) is 2.66. The van der Waals surface area contributed by atoms with Crippen molar-refractivity contribution in [1.29, 1.82) is 0 Å². The molecule has 1 N–H and O–H groups in total. The molecular weight excluding hydrogens is 256 g/mol. The first-order valence-corrected chi connectivity index (χ1v) is 6.90. The van der Waals surface area contributed by atoms with Crippen molar-refractivity contribution in [2.75, 3.05) is 5.75 Å². The lowest BCUT2D eigenvalue weighted by atomic mass is 10.2. The normalized spacial score (nSPS) is 13.2. The molecule has 0 aliphatic heterocycles. The first kappa shape index (κ1) is 14.3. The van der Waals surface area contributed by atoms with Crippen LogP contribution >= 0.6 is 24.0 Å². The predicted molar refractivity (Wildman–Crippen MR) is 72.8 cm³/mol. The minimum atomic E-state index is -0.480. The number of aromatic nitrogens is 1. The van der Waals surface area contributed by atoms with E-state index in [4.69, 9.17) is 4.74 Å². The molecular formula is C11H18N2O2S2. The van der Waals surface area contributed by atoms with Gasteiger partial charge in [0.15, 0.2) is 0 Å². The van der Waals surface area contributed by atoms with E-state index in [1.807, 2.05) is 26.2 Å². The maximum absolute atomic E-state index is 11.6. The molecule has 17 heavy (non-hydrogen) atoms. The highest BCUT2D eigenvalue weighted by molar-refractivity contribution is 7.80. The highest BCUT2D eigenvalue weighted by atomic mass is 32.1. The number of rotatable bonds is 4. The van der Waals surface area contributed by atoms with Crippen LogP contribution in [-0.4, -0.2) is 28.5 Å². The van der Waals surface area contributed by atoms with Gasteiger partial charge in [-0.2, -0.15) is 12.6 Å². The minimum Gasteiger partial charge on any atom is -0.444 e. The van der Waals surface area contributed by atoms with Gasteiger partial charge in [-0.3, -0.25) is 0 Å². The summed E-state index contributed by atoms with van der Waals surface area (Å²) in [6.07, 6.45) is 2.02. The number of ether oxygens (including phenoxy) is 1. The largest absolute Gasteiger partial charge is 0.444 e. The molecule has 1 aromatic rings. The molecule has 1 aromatic heterocycles. The number of amides is 1. The molecule has 0 saturated heterocycles. The minimum absolute atomic E-state index is 0.0562. The van der Waals surface area contributed by atoms with Crippen molar-refractivity contribution in [2.24, 2.45) is 0 Å². The van der Waals surface area contributed by atoms with E-state index in [0.717, 1.165) is 5.01 Å². The van der Waals surface area contributed by atoms with Crippen molar-refractivity contribution >= 4 is 30.1 Å². The lowest BCUT2D eigenvalue weighted by Crippen LogP contribution is -2.41. The second-order valence-electron chi connectivity index (χ2n) is 4.66. The molecule has 4 nitrogen and oxygen atoms in total. The second-order valence-corrected chi connectivity index (χ2v) is 6.00. The molecule has 0 unspecified atom stereocenters. The van der Waals surface area contributed by atoms with Crippen LogP contribution in [0.25, 0.3) is 0 Å². The van der Waals surface area contributed by atoms with E-state index in [1.54, 1.807) is 17.5 Å². The number of carbonyl (C=O) groups excluding carboxylic acids is 1. The molecule has 0 aromatic carbocycles. The fourth-order valence-electron chi connectivity index (χ4n) is 1.20. The van der Waals surface area contributed by atoms with Gasteiger partial charge in [0.05, 0.1) is 5.01 Å². The zero-order valence-electron chi connectivity index (χ0n) is 10.3. The van der Waals surface area contributed by atoms with Crippen LogP contribution in [0.5, 0.6) is 0 Å². The van der Waals surface area contributed by atoms with Crippen molar-refractivity contribution in [3.8, 4) is 0 Å². The van der Waals surface area contributed by atoms with Gasteiger partial charge in [-0.15, -0.1) is 11.3 Å². The van der Waals surface area contributed by atoms with Crippen LogP contribution < -0.4 is 5.32 Å². The summed E-state index contributed by atoms with van der Waals surface area (Å²) >= 11 is 5.79. The number of hydrogen-bond acceptors (Lipinski definition) is 5. The van der Waals surface area contributed by atoms with Crippen LogP contribution in [0, 0.1) is 0 Å². The van der Waals surface area contributed by atoms with Gasteiger partial charge in [0, 0.05) is 29.8 Å². The highest BCUT2D eigenvalue weighted by Crippen LogP contribution is 2.10. The van der Waals surface area contributed by atoms with Crippen molar-refractivity contribution in [2.45, 2.75) is 38.8 Å². The molecule has 0 spiro atoms. The maximum Gasteiger partial charge on any atom is 0.407 e. The summed E-state index contributed by atoms with van der Waals surface area (Å²) in [5.74, 6) is 0.554. The van der Waals surface area contributed by atoms with E-state index in [0.29, 0.717) is 12.2 Å². The molecule has 6 heteroatoms. The Kier molecular flexibility index (Phi) is 5.27. The van der Waals surface area contributed by atoms with Crippen LogP contribution in [0.15, 0.2) is 11.6 Å². The molecule has 96 valence electrons. The predicted octanol–water partition coefficient (Wildman–Crippen LogP) is 2.51. The lowest BCUT2D eigenvalue weighted by Gasteiger charge is -2.22. The first-order chi connectivity index (χ1) is 7.90. The molecule has 1 amide bonds. The van der Waals surface area contributed by atoms with E-state index in [1.165, 1.54) is 0 Å². The number of hydrogen-bond donors (Lipinski definition) is 2. The van der Waals surface area contributed by atoms with Crippen molar-refractivity contribution in [3.05, 3.63) is 16.6 Å². The van der Waals surface area contributed by atoms with Gasteiger partial charge in [0.25, 0.3) is 0 Å². The third-order valence-corrected chi connectivity index (χ3v) is 3.09. The molecule has 0 bridgehead atoms. The third-order valence-electron chi connectivity index (χ3n) is 1.85. The quantitative estimate of drug-likeness (QED) is 0.830. The monoisotopic (exact) mass is 274 g/mol. The maximum atomic E-state index is 11.6. The molecule has 0 radical (unpaired) electrons. The Morgan fingerprint density at radius 2 is 2.35 bits per heavy atom. The highest BCUT2D eigenvalue weighted by Gasteiger charge is 2.19. The Morgan fingerprint density at radius 1 is 1.65 bits per heavy atom. The van der Waals surface area contributed by atoms with E-state index >= 15 is 0 Å². The number of nitrogens with zero attached hydrogens (tertiary/aromatic N) is 1. The van der Waals surface area contributed by atoms with E-state index < -0.39 is 11.7 Å². The SMILES string of the molecule is CC(C)(C)OC(=O)N[C@H](CS)Cc1nccs1. The van der Waals surface area contributed by atoms with Crippen molar-refractivity contribution < 1.29 is 9.53 Å². The van der Waals surface area contributed by atoms with Crippen LogP contribution in [0.1, 0.15) is 25.8 Å². The summed E-state index contributed by atoms with van der Waals surface area (Å²) in [6, 6.07) is -0.0562. The lowest BCUT2D eigenvalue weighted by molar-refractivity contribution is 0.0509. The average molecular weight is 274 g/mol. The topological polar surface area (TPSA) is 51.2 Å². The van der Waals surface area contributed by atoms with Gasteiger partial charge in [0.2, 0.25) is 0 Å². The Morgan fingerprint density at radius 3 is 2.82 bits per heavy atom. The van der Waals surface area contributed by atoms with Gasteiger partial charge >= 0.3 is 6.09 Å². The Labute approximate surface area is 111 Å². The summed E-state index contributed by atoms with van der Waals surface area (Å²) in [5, 5.41) is 5.69. The Bertz CT molecular complexity index is 347. The zero-order chi connectivity index (χ0) is 12.9. The molecule has 1 rings (SSSR count). The summed E-state index contributed by atoms with van der Waals surface area (Å²) in [6.45, 7) is 5.51. The fraction of sp³-hybridized carbons (Fsp3) is 0.636. The Hall–Kier alpha value is -0.750. The number of alkyl carbamates (subject to hydrolysis) is 1. The van der Waals surface area contributed by atoms with E-state index in [9.17, 15) is 4.79 Å². The van der Waals surface area contributed by atoms with Gasteiger partial charge in [-0.1, -0.05) is 0 Å². The van der Waals surface area contributed by atoms with Gasteiger partial charge < -0.3 is 10.1 Å². The molecule has 0 aliphatic rings. The Balaban J connectivity index is 2.44. The summed E-state index contributed by atoms with van der Waals surface area (Å²) < 4.78 is 5.19. The standard InChI is InChI=1S/C11H18N2O2S2/c1-11(2,3)15-10(14)13-8(7-16)6-9-12-4-5-17-9/h4-5,8,16H,6-7H2,1-3H3,(H,13,14)/t8-/m0/s1. The molecule has 1 heterocycles. The van der Waals surface area contributed by atoms with Gasteiger partial charge in [0.1, 0.15) is 5.60 Å². The zero-order valence-corrected chi connectivity index (χ0v) is 12.0. The van der Waals surface area contributed by atoms with Gasteiger partial charge in [-0.05, 0) is 20.8 Å². The van der Waals surface area contributed by atoms with E-state index in [2.05, 4.69) is 22.9 Å². The van der Waals surface area contributed by atoms with Crippen LogP contribution in [-0.2, 0) is 11.2 Å². The summed E-state index contributed by atoms with van der Waals surface area (Å²) in [5.41, 5.74) is -0.480. The molecule has 1 atom stereocenters. The number of carbonyl (C=O) groups is 1. The smallest absolute Gasteiger partial charge is 0.407 e. The fourth-order valence-corrected chi connectivity index (χ4v) is 2.12.